The molecule has 92 valence electrons. The molecule has 0 amide bonds. The van der Waals surface area contributed by atoms with Gasteiger partial charge in [0.05, 0.1) is 0 Å². The van der Waals surface area contributed by atoms with Gasteiger partial charge in [0, 0.05) is 49.1 Å². The maximum absolute atomic E-state index is 4.23. The number of pyridine rings is 1. The third kappa shape index (κ3) is 3.06. The molecule has 0 spiro atoms. The molecule has 2 heterocycles. The molecule has 2 fully saturated rings. The van der Waals surface area contributed by atoms with E-state index in [0.29, 0.717) is 0 Å². The predicted octanol–water partition coefficient (Wildman–Crippen LogP) is 2.03. The van der Waals surface area contributed by atoms with E-state index in [1.807, 2.05) is 12.4 Å². The van der Waals surface area contributed by atoms with Crippen molar-refractivity contribution in [2.45, 2.75) is 25.4 Å². The topological polar surface area (TPSA) is 28.2 Å². The van der Waals surface area contributed by atoms with Crippen molar-refractivity contribution < 1.29 is 0 Å². The smallest absolute Gasteiger partial charge is 0.0410 e. The zero-order chi connectivity index (χ0) is 11.7. The molecule has 3 rings (SSSR count). The Labute approximate surface area is 111 Å². The molecule has 3 nitrogen and oxygen atoms in total. The Morgan fingerprint density at radius 1 is 1.41 bits per heavy atom. The molecule has 17 heavy (non-hydrogen) atoms. The van der Waals surface area contributed by atoms with Crippen LogP contribution in [0.1, 0.15) is 18.4 Å². The Morgan fingerprint density at radius 3 is 3.06 bits per heavy atom. The van der Waals surface area contributed by atoms with E-state index in [4.69, 9.17) is 0 Å². The number of nitrogens with one attached hydrogen (secondary N) is 1. The molecule has 1 aromatic heterocycles. The summed E-state index contributed by atoms with van der Waals surface area (Å²) in [7, 11) is 0. The van der Waals surface area contributed by atoms with E-state index in [1.165, 1.54) is 24.9 Å². The summed E-state index contributed by atoms with van der Waals surface area (Å²) in [6.45, 7) is 4.49. The second kappa shape index (κ2) is 5.04. The minimum absolute atomic E-state index is 0.726. The van der Waals surface area contributed by atoms with E-state index in [1.54, 1.807) is 0 Å². The van der Waals surface area contributed by atoms with Gasteiger partial charge in [-0.1, -0.05) is 0 Å². The van der Waals surface area contributed by atoms with E-state index in [2.05, 4.69) is 37.2 Å². The molecule has 1 unspecified atom stereocenters. The molecule has 0 aromatic carbocycles. The first-order valence-corrected chi connectivity index (χ1v) is 7.16. The van der Waals surface area contributed by atoms with Crippen molar-refractivity contribution in [3.63, 3.8) is 0 Å². The van der Waals surface area contributed by atoms with Gasteiger partial charge in [-0.3, -0.25) is 9.88 Å². The molecular weight excluding hydrogens is 278 g/mol. The summed E-state index contributed by atoms with van der Waals surface area (Å²) in [6, 6.07) is 2.89. The van der Waals surface area contributed by atoms with Gasteiger partial charge in [-0.05, 0) is 46.3 Å². The van der Waals surface area contributed by atoms with Crippen LogP contribution in [0.3, 0.4) is 0 Å². The van der Waals surface area contributed by atoms with Gasteiger partial charge in [-0.15, -0.1) is 0 Å². The van der Waals surface area contributed by atoms with Crippen molar-refractivity contribution in [2.24, 2.45) is 5.92 Å². The molecule has 1 aliphatic carbocycles. The van der Waals surface area contributed by atoms with Crippen molar-refractivity contribution >= 4 is 15.9 Å². The number of halogens is 1. The molecule has 1 aromatic rings. The Balaban J connectivity index is 1.60. The summed E-state index contributed by atoms with van der Waals surface area (Å²) in [6.07, 6.45) is 6.65. The number of nitrogens with zero attached hydrogens (tertiary/aromatic N) is 2. The fourth-order valence-electron chi connectivity index (χ4n) is 2.60. The number of aromatic nitrogens is 1. The first-order valence-electron chi connectivity index (χ1n) is 6.36. The Kier molecular flexibility index (Phi) is 3.45. The lowest BCUT2D eigenvalue weighted by Crippen LogP contribution is -2.51. The summed E-state index contributed by atoms with van der Waals surface area (Å²) in [5.74, 6) is 0.943. The SMILES string of the molecule is Brc1cncc(CN2CCNC(C3CC3)C2)c1. The highest BCUT2D eigenvalue weighted by Crippen LogP contribution is 2.33. The van der Waals surface area contributed by atoms with Crippen molar-refractivity contribution in [2.75, 3.05) is 19.6 Å². The standard InChI is InChI=1S/C13H18BrN3/c14-12-5-10(6-15-7-12)8-17-4-3-16-13(9-17)11-1-2-11/h5-7,11,13,16H,1-4,8-9H2. The van der Waals surface area contributed by atoms with Gasteiger partial charge in [0.1, 0.15) is 0 Å². The fourth-order valence-corrected chi connectivity index (χ4v) is 3.01. The minimum atomic E-state index is 0.726. The second-order valence-corrected chi connectivity index (χ2v) is 6.06. The molecule has 1 saturated heterocycles. The largest absolute Gasteiger partial charge is 0.311 e. The van der Waals surface area contributed by atoms with Crippen molar-refractivity contribution in [3.05, 3.63) is 28.5 Å². The summed E-state index contributed by atoms with van der Waals surface area (Å²) in [5.41, 5.74) is 1.30. The highest BCUT2D eigenvalue weighted by atomic mass is 79.9. The van der Waals surface area contributed by atoms with E-state index in [0.717, 1.165) is 36.1 Å². The highest BCUT2D eigenvalue weighted by Gasteiger charge is 2.33. The lowest BCUT2D eigenvalue weighted by Gasteiger charge is -2.33. The lowest BCUT2D eigenvalue weighted by atomic mass is 10.1. The summed E-state index contributed by atoms with van der Waals surface area (Å²) < 4.78 is 1.07. The molecule has 4 heteroatoms. The maximum Gasteiger partial charge on any atom is 0.0410 e. The quantitative estimate of drug-likeness (QED) is 0.925. The van der Waals surface area contributed by atoms with Gasteiger partial charge in [-0.25, -0.2) is 0 Å². The van der Waals surface area contributed by atoms with E-state index in [9.17, 15) is 0 Å². The van der Waals surface area contributed by atoms with Crippen molar-refractivity contribution in [3.8, 4) is 0 Å². The van der Waals surface area contributed by atoms with E-state index >= 15 is 0 Å². The van der Waals surface area contributed by atoms with Crippen LogP contribution < -0.4 is 5.32 Å². The molecule has 2 aliphatic rings. The minimum Gasteiger partial charge on any atom is -0.311 e. The zero-order valence-corrected chi connectivity index (χ0v) is 11.5. The maximum atomic E-state index is 4.23. The van der Waals surface area contributed by atoms with Gasteiger partial charge in [0.25, 0.3) is 0 Å². The van der Waals surface area contributed by atoms with Gasteiger partial charge < -0.3 is 5.32 Å². The van der Waals surface area contributed by atoms with Crippen molar-refractivity contribution in [1.29, 1.82) is 0 Å². The van der Waals surface area contributed by atoms with E-state index < -0.39 is 0 Å². The summed E-state index contributed by atoms with van der Waals surface area (Å²) in [5, 5.41) is 3.64. The fraction of sp³-hybridized carbons (Fsp3) is 0.615. The Bertz CT molecular complexity index is 392. The molecule has 0 radical (unpaired) electrons. The number of piperazine rings is 1. The van der Waals surface area contributed by atoms with E-state index in [-0.39, 0.29) is 0 Å². The average molecular weight is 296 g/mol. The number of hydrogen-bond acceptors (Lipinski definition) is 3. The van der Waals surface area contributed by atoms with Crippen LogP contribution in [-0.4, -0.2) is 35.6 Å². The van der Waals surface area contributed by atoms with Crippen LogP contribution in [-0.2, 0) is 6.54 Å². The monoisotopic (exact) mass is 295 g/mol. The summed E-state index contributed by atoms with van der Waals surface area (Å²) in [4.78, 5) is 6.77. The van der Waals surface area contributed by atoms with Crippen molar-refractivity contribution in [1.82, 2.24) is 15.2 Å². The normalized spacial score (nSPS) is 26.1. The van der Waals surface area contributed by atoms with Gasteiger partial charge in [0.15, 0.2) is 0 Å². The Hall–Kier alpha value is -0.450. The molecule has 1 N–H and O–H groups in total. The van der Waals surface area contributed by atoms with Gasteiger partial charge >= 0.3 is 0 Å². The Morgan fingerprint density at radius 2 is 2.29 bits per heavy atom. The second-order valence-electron chi connectivity index (χ2n) is 5.14. The number of hydrogen-bond donors (Lipinski definition) is 1. The first kappa shape index (κ1) is 11.6. The van der Waals surface area contributed by atoms with Crippen LogP contribution in [0.2, 0.25) is 0 Å². The third-order valence-corrected chi connectivity index (χ3v) is 4.08. The third-order valence-electron chi connectivity index (χ3n) is 3.65. The zero-order valence-electron chi connectivity index (χ0n) is 9.90. The van der Waals surface area contributed by atoms with Crippen LogP contribution >= 0.6 is 15.9 Å². The van der Waals surface area contributed by atoms with Crippen LogP contribution in [0.5, 0.6) is 0 Å². The molecule has 1 aliphatic heterocycles. The average Bonchev–Trinajstić information content (AvgIpc) is 3.13. The predicted molar refractivity (Wildman–Crippen MR) is 71.7 cm³/mol. The highest BCUT2D eigenvalue weighted by molar-refractivity contribution is 9.10. The van der Waals surface area contributed by atoms with Gasteiger partial charge in [0.2, 0.25) is 0 Å². The summed E-state index contributed by atoms with van der Waals surface area (Å²) >= 11 is 3.48. The number of rotatable bonds is 3. The molecule has 0 bridgehead atoms. The van der Waals surface area contributed by atoms with Crippen LogP contribution in [0, 0.1) is 5.92 Å². The van der Waals surface area contributed by atoms with Gasteiger partial charge in [-0.2, -0.15) is 0 Å². The first-order chi connectivity index (χ1) is 8.31. The molecule has 1 saturated carbocycles. The molecular formula is C13H18BrN3. The van der Waals surface area contributed by atoms with Crippen LogP contribution in [0.15, 0.2) is 22.9 Å². The molecule has 1 atom stereocenters. The van der Waals surface area contributed by atoms with Crippen LogP contribution in [0.25, 0.3) is 0 Å². The lowest BCUT2D eigenvalue weighted by molar-refractivity contribution is 0.181. The van der Waals surface area contributed by atoms with Crippen LogP contribution in [0.4, 0.5) is 0 Å².